The average Bonchev–Trinajstić information content (AvgIpc) is 2.27. The third-order valence-corrected chi connectivity index (χ3v) is 2.53. The maximum atomic E-state index is 11.6. The number of hydrogen-bond acceptors (Lipinski definition) is 3. The molecule has 5 heteroatoms. The molecule has 1 rings (SSSR count). The van der Waals surface area contributed by atoms with Crippen molar-refractivity contribution in [3.63, 3.8) is 0 Å². The van der Waals surface area contributed by atoms with Crippen molar-refractivity contribution in [3.05, 3.63) is 29.3 Å². The number of nitrogens with zero attached hydrogens (tertiary/aromatic N) is 1. The first-order valence-electron chi connectivity index (χ1n) is 5.54. The number of ether oxygens (including phenoxy) is 1. The first-order valence-corrected chi connectivity index (χ1v) is 5.54. The molecular formula is C13H17NO4. The van der Waals surface area contributed by atoms with E-state index in [1.165, 1.54) is 11.0 Å². The highest BCUT2D eigenvalue weighted by Gasteiger charge is 2.17. The second-order valence-electron chi connectivity index (χ2n) is 4.27. The second kappa shape index (κ2) is 5.53. The molecule has 0 aliphatic heterocycles. The number of aromatic carboxylic acids is 1. The Hall–Kier alpha value is -2.04. The molecule has 0 fully saturated rings. The number of amides is 1. The van der Waals surface area contributed by atoms with Gasteiger partial charge in [-0.3, -0.25) is 4.79 Å². The predicted octanol–water partition coefficient (Wildman–Crippen LogP) is 1.55. The topological polar surface area (TPSA) is 66.8 Å². The number of aryl methyl sites for hydroxylation is 1. The summed E-state index contributed by atoms with van der Waals surface area (Å²) in [5, 5.41) is 8.90. The van der Waals surface area contributed by atoms with E-state index in [0.29, 0.717) is 11.3 Å². The number of carbonyl (C=O) groups excluding carboxylic acids is 1. The molecule has 1 aromatic carbocycles. The van der Waals surface area contributed by atoms with Crippen LogP contribution in [0.25, 0.3) is 0 Å². The van der Waals surface area contributed by atoms with Gasteiger partial charge >= 0.3 is 5.97 Å². The molecule has 0 radical (unpaired) electrons. The maximum Gasteiger partial charge on any atom is 0.335 e. The van der Waals surface area contributed by atoms with Crippen LogP contribution in [0, 0.1) is 6.92 Å². The van der Waals surface area contributed by atoms with Crippen LogP contribution in [-0.4, -0.2) is 42.1 Å². The van der Waals surface area contributed by atoms with Crippen molar-refractivity contribution in [2.75, 3.05) is 14.1 Å². The van der Waals surface area contributed by atoms with Gasteiger partial charge in [0.25, 0.3) is 5.91 Å². The Bertz CT molecular complexity index is 468. The highest BCUT2D eigenvalue weighted by molar-refractivity contribution is 5.89. The summed E-state index contributed by atoms with van der Waals surface area (Å²) in [6, 6.07) is 4.64. The molecule has 0 heterocycles. The van der Waals surface area contributed by atoms with Gasteiger partial charge in [-0.25, -0.2) is 4.79 Å². The number of carbonyl (C=O) groups is 2. The van der Waals surface area contributed by atoms with Gasteiger partial charge in [-0.2, -0.15) is 0 Å². The molecule has 18 heavy (non-hydrogen) atoms. The normalized spacial score (nSPS) is 11.8. The lowest BCUT2D eigenvalue weighted by molar-refractivity contribution is -0.135. The van der Waals surface area contributed by atoms with Gasteiger partial charge in [-0.15, -0.1) is 0 Å². The first kappa shape index (κ1) is 14.0. The van der Waals surface area contributed by atoms with Crippen molar-refractivity contribution >= 4 is 11.9 Å². The van der Waals surface area contributed by atoms with Gasteiger partial charge in [0.1, 0.15) is 5.75 Å². The van der Waals surface area contributed by atoms with Crippen LogP contribution in [0.2, 0.25) is 0 Å². The summed E-state index contributed by atoms with van der Waals surface area (Å²) in [4.78, 5) is 23.9. The molecule has 0 saturated carbocycles. The molecule has 98 valence electrons. The van der Waals surface area contributed by atoms with Crippen LogP contribution >= 0.6 is 0 Å². The van der Waals surface area contributed by atoms with Gasteiger partial charge in [0.2, 0.25) is 0 Å². The molecule has 0 bridgehead atoms. The van der Waals surface area contributed by atoms with Crippen LogP contribution < -0.4 is 4.74 Å². The molecule has 0 aliphatic rings. The lowest BCUT2D eigenvalue weighted by atomic mass is 10.1. The summed E-state index contributed by atoms with van der Waals surface area (Å²) < 4.78 is 5.47. The fourth-order valence-corrected chi connectivity index (χ4v) is 1.57. The minimum atomic E-state index is -0.975. The summed E-state index contributed by atoms with van der Waals surface area (Å²) in [5.74, 6) is -0.633. The Morgan fingerprint density at radius 1 is 1.33 bits per heavy atom. The summed E-state index contributed by atoms with van der Waals surface area (Å²) in [5.41, 5.74) is 0.832. The Kier molecular flexibility index (Phi) is 4.31. The molecular weight excluding hydrogens is 234 g/mol. The number of likely N-dealkylation sites (N-methyl/N-ethyl adjacent to an activating group) is 1. The van der Waals surface area contributed by atoms with Crippen molar-refractivity contribution in [2.24, 2.45) is 0 Å². The van der Waals surface area contributed by atoms with E-state index in [0.717, 1.165) is 0 Å². The van der Waals surface area contributed by atoms with Crippen LogP contribution in [0.4, 0.5) is 0 Å². The molecule has 1 N–H and O–H groups in total. The molecule has 0 aliphatic carbocycles. The number of carboxylic acid groups (broad SMARTS) is 1. The summed E-state index contributed by atoms with van der Waals surface area (Å²) in [7, 11) is 3.31. The van der Waals surface area contributed by atoms with Crippen LogP contribution in [0.15, 0.2) is 18.2 Å². The van der Waals surface area contributed by atoms with Gasteiger partial charge in [-0.05, 0) is 37.6 Å². The van der Waals surface area contributed by atoms with Crippen LogP contribution in [0.5, 0.6) is 5.75 Å². The van der Waals surface area contributed by atoms with Gasteiger partial charge in [0.15, 0.2) is 6.10 Å². The number of carboxylic acids is 1. The van der Waals surface area contributed by atoms with Crippen LogP contribution in [0.3, 0.4) is 0 Å². The molecule has 1 amide bonds. The molecule has 5 nitrogen and oxygen atoms in total. The zero-order valence-electron chi connectivity index (χ0n) is 10.9. The van der Waals surface area contributed by atoms with Gasteiger partial charge in [0, 0.05) is 14.1 Å². The van der Waals surface area contributed by atoms with Crippen LogP contribution in [0.1, 0.15) is 22.8 Å². The highest BCUT2D eigenvalue weighted by atomic mass is 16.5. The quantitative estimate of drug-likeness (QED) is 0.881. The van der Waals surface area contributed by atoms with E-state index in [9.17, 15) is 9.59 Å². The molecule has 0 aromatic heterocycles. The van der Waals surface area contributed by atoms with Gasteiger partial charge in [-0.1, -0.05) is 0 Å². The first-order chi connectivity index (χ1) is 8.32. The standard InChI is InChI=1S/C13H17NO4/c1-8-7-10(5-6-11(8)13(16)17)18-9(2)12(15)14(3)4/h5-7,9H,1-4H3,(H,16,17). The average molecular weight is 251 g/mol. The predicted molar refractivity (Wildman–Crippen MR) is 66.9 cm³/mol. The fraction of sp³-hybridized carbons (Fsp3) is 0.385. The van der Waals surface area contributed by atoms with E-state index >= 15 is 0 Å². The molecule has 1 aromatic rings. The number of rotatable bonds is 4. The Morgan fingerprint density at radius 2 is 1.94 bits per heavy atom. The van der Waals surface area contributed by atoms with Crippen molar-refractivity contribution in [1.82, 2.24) is 4.90 Å². The third-order valence-electron chi connectivity index (χ3n) is 2.53. The van der Waals surface area contributed by atoms with Crippen molar-refractivity contribution in [1.29, 1.82) is 0 Å². The SMILES string of the molecule is Cc1cc(OC(C)C(=O)N(C)C)ccc1C(=O)O. The van der Waals surface area contributed by atoms with E-state index in [-0.39, 0.29) is 11.5 Å². The largest absolute Gasteiger partial charge is 0.481 e. The van der Waals surface area contributed by atoms with E-state index in [2.05, 4.69) is 0 Å². The van der Waals surface area contributed by atoms with Gasteiger partial charge in [0.05, 0.1) is 5.56 Å². The fourth-order valence-electron chi connectivity index (χ4n) is 1.57. The Balaban J connectivity index is 2.84. The van der Waals surface area contributed by atoms with Crippen molar-refractivity contribution < 1.29 is 19.4 Å². The Labute approximate surface area is 106 Å². The third kappa shape index (κ3) is 3.23. The minimum absolute atomic E-state index is 0.144. The van der Waals surface area contributed by atoms with E-state index in [4.69, 9.17) is 9.84 Å². The summed E-state index contributed by atoms with van der Waals surface area (Å²) >= 11 is 0. The van der Waals surface area contributed by atoms with Gasteiger partial charge < -0.3 is 14.7 Å². The lowest BCUT2D eigenvalue weighted by Gasteiger charge is -2.18. The minimum Gasteiger partial charge on any atom is -0.481 e. The molecule has 0 saturated heterocycles. The lowest BCUT2D eigenvalue weighted by Crippen LogP contribution is -2.35. The smallest absolute Gasteiger partial charge is 0.335 e. The van der Waals surface area contributed by atoms with E-state index in [1.54, 1.807) is 40.1 Å². The van der Waals surface area contributed by atoms with Crippen molar-refractivity contribution in [3.8, 4) is 5.75 Å². The van der Waals surface area contributed by atoms with E-state index in [1.807, 2.05) is 0 Å². The summed E-state index contributed by atoms with van der Waals surface area (Å²) in [6.45, 7) is 3.34. The number of benzene rings is 1. The van der Waals surface area contributed by atoms with Crippen molar-refractivity contribution in [2.45, 2.75) is 20.0 Å². The zero-order valence-corrected chi connectivity index (χ0v) is 10.9. The van der Waals surface area contributed by atoms with E-state index < -0.39 is 12.1 Å². The molecule has 0 spiro atoms. The highest BCUT2D eigenvalue weighted by Crippen LogP contribution is 2.18. The number of hydrogen-bond donors (Lipinski definition) is 1. The maximum absolute atomic E-state index is 11.6. The molecule has 1 unspecified atom stereocenters. The molecule has 1 atom stereocenters. The monoisotopic (exact) mass is 251 g/mol. The second-order valence-corrected chi connectivity index (χ2v) is 4.27. The Morgan fingerprint density at radius 3 is 2.39 bits per heavy atom. The zero-order chi connectivity index (χ0) is 13.9. The van der Waals surface area contributed by atoms with Crippen LogP contribution in [-0.2, 0) is 4.79 Å². The summed E-state index contributed by atoms with van der Waals surface area (Å²) in [6.07, 6.45) is -0.602.